The number of β-amino-alcohol motifs (C(OH)–C–C–N with tert-alkyl or cyclic N) is 1. The Labute approximate surface area is 121 Å². The maximum absolute atomic E-state index is 12.3. The Hall–Kier alpha value is -2.15. The van der Waals surface area contributed by atoms with Gasteiger partial charge in [0.1, 0.15) is 0 Å². The van der Waals surface area contributed by atoms with Gasteiger partial charge < -0.3 is 10.0 Å². The zero-order valence-corrected chi connectivity index (χ0v) is 12.1. The SMILES string of the molecule is Cc1nc2cc(=O)[nH]n2c(C)c1CC(=O)N1CC[C@@H](O)C1. The monoisotopic (exact) mass is 290 g/mol. The van der Waals surface area contributed by atoms with Gasteiger partial charge in [-0.1, -0.05) is 0 Å². The van der Waals surface area contributed by atoms with Crippen LogP contribution in [0.1, 0.15) is 23.4 Å². The molecule has 0 radical (unpaired) electrons. The summed E-state index contributed by atoms with van der Waals surface area (Å²) in [5.41, 5.74) is 2.73. The van der Waals surface area contributed by atoms with E-state index >= 15 is 0 Å². The first-order valence-corrected chi connectivity index (χ1v) is 6.99. The fourth-order valence-electron chi connectivity index (χ4n) is 2.84. The van der Waals surface area contributed by atoms with E-state index in [0.29, 0.717) is 25.2 Å². The fraction of sp³-hybridized carbons (Fsp3) is 0.500. The second-order valence-corrected chi connectivity index (χ2v) is 5.53. The molecule has 3 heterocycles. The molecule has 2 aromatic heterocycles. The lowest BCUT2D eigenvalue weighted by Crippen LogP contribution is -2.31. The lowest BCUT2D eigenvalue weighted by Gasteiger charge is -2.17. The molecule has 3 rings (SSSR count). The summed E-state index contributed by atoms with van der Waals surface area (Å²) in [5, 5.41) is 12.2. The number of aromatic amines is 1. The van der Waals surface area contributed by atoms with E-state index in [1.54, 1.807) is 9.42 Å². The Morgan fingerprint density at radius 1 is 1.52 bits per heavy atom. The van der Waals surface area contributed by atoms with Crippen LogP contribution in [0.3, 0.4) is 0 Å². The number of nitrogens with zero attached hydrogens (tertiary/aromatic N) is 3. The summed E-state index contributed by atoms with van der Waals surface area (Å²) >= 11 is 0. The number of aryl methyl sites for hydroxylation is 2. The fourth-order valence-corrected chi connectivity index (χ4v) is 2.84. The van der Waals surface area contributed by atoms with Crippen LogP contribution in [0, 0.1) is 13.8 Å². The molecule has 0 spiro atoms. The first kappa shape index (κ1) is 13.8. The van der Waals surface area contributed by atoms with Gasteiger partial charge in [-0.25, -0.2) is 9.50 Å². The molecule has 0 aliphatic carbocycles. The summed E-state index contributed by atoms with van der Waals surface area (Å²) in [4.78, 5) is 29.8. The van der Waals surface area contributed by atoms with Crippen LogP contribution in [0.4, 0.5) is 0 Å². The van der Waals surface area contributed by atoms with Crippen LogP contribution in [-0.2, 0) is 11.2 Å². The third-order valence-corrected chi connectivity index (χ3v) is 4.05. The molecule has 0 bridgehead atoms. The number of nitrogens with one attached hydrogen (secondary N) is 1. The van der Waals surface area contributed by atoms with Crippen molar-refractivity contribution >= 4 is 11.6 Å². The van der Waals surface area contributed by atoms with Gasteiger partial charge in [-0.3, -0.25) is 14.7 Å². The molecular weight excluding hydrogens is 272 g/mol. The number of rotatable bonds is 2. The number of carbonyl (C=O) groups excluding carboxylic acids is 1. The Bertz CT molecular complexity index is 761. The third-order valence-electron chi connectivity index (χ3n) is 4.05. The first-order valence-electron chi connectivity index (χ1n) is 6.99. The lowest BCUT2D eigenvalue weighted by atomic mass is 10.1. The summed E-state index contributed by atoms with van der Waals surface area (Å²) in [6.45, 7) is 4.69. The van der Waals surface area contributed by atoms with Gasteiger partial charge in [0.2, 0.25) is 5.91 Å². The summed E-state index contributed by atoms with van der Waals surface area (Å²) in [6, 6.07) is 1.43. The number of hydrogen-bond donors (Lipinski definition) is 2. The summed E-state index contributed by atoms with van der Waals surface area (Å²) in [6.07, 6.45) is 0.442. The second-order valence-electron chi connectivity index (χ2n) is 5.53. The molecule has 21 heavy (non-hydrogen) atoms. The van der Waals surface area contributed by atoms with Gasteiger partial charge in [-0.05, 0) is 20.3 Å². The number of hydrogen-bond acceptors (Lipinski definition) is 4. The van der Waals surface area contributed by atoms with Gasteiger partial charge in [-0.2, -0.15) is 0 Å². The van der Waals surface area contributed by atoms with E-state index in [0.717, 1.165) is 17.0 Å². The van der Waals surface area contributed by atoms with Gasteiger partial charge in [0, 0.05) is 36.1 Å². The number of aliphatic hydroxyl groups excluding tert-OH is 1. The Kier molecular flexibility index (Phi) is 3.29. The minimum Gasteiger partial charge on any atom is -0.391 e. The predicted octanol–water partition coefficient (Wildman–Crippen LogP) is -0.225. The highest BCUT2D eigenvalue weighted by Crippen LogP contribution is 2.17. The zero-order chi connectivity index (χ0) is 15.1. The minimum absolute atomic E-state index is 0.0200. The molecule has 7 heteroatoms. The molecule has 2 aromatic rings. The van der Waals surface area contributed by atoms with Gasteiger partial charge in [0.25, 0.3) is 5.56 Å². The number of aliphatic hydroxyl groups is 1. The lowest BCUT2D eigenvalue weighted by molar-refractivity contribution is -0.129. The quantitative estimate of drug-likeness (QED) is 0.799. The number of H-pyrrole nitrogens is 1. The second kappa shape index (κ2) is 5.00. The Morgan fingerprint density at radius 2 is 2.29 bits per heavy atom. The smallest absolute Gasteiger partial charge is 0.266 e. The van der Waals surface area contributed by atoms with Crippen molar-refractivity contribution in [2.75, 3.05) is 13.1 Å². The summed E-state index contributed by atoms with van der Waals surface area (Å²) in [7, 11) is 0. The highest BCUT2D eigenvalue weighted by atomic mass is 16.3. The van der Waals surface area contributed by atoms with Crippen molar-refractivity contribution in [2.24, 2.45) is 0 Å². The summed E-state index contributed by atoms with van der Waals surface area (Å²) < 4.78 is 1.61. The maximum Gasteiger partial charge on any atom is 0.266 e. The molecule has 1 amide bonds. The van der Waals surface area contributed by atoms with E-state index in [-0.39, 0.29) is 17.9 Å². The summed E-state index contributed by atoms with van der Waals surface area (Å²) in [5.74, 6) is -0.0200. The first-order chi connectivity index (χ1) is 9.95. The van der Waals surface area contributed by atoms with Crippen LogP contribution >= 0.6 is 0 Å². The van der Waals surface area contributed by atoms with Crippen LogP contribution in [0.5, 0.6) is 0 Å². The maximum atomic E-state index is 12.3. The highest BCUT2D eigenvalue weighted by molar-refractivity contribution is 5.79. The molecule has 1 aliphatic heterocycles. The zero-order valence-electron chi connectivity index (χ0n) is 12.1. The van der Waals surface area contributed by atoms with Crippen LogP contribution in [-0.4, -0.2) is 49.7 Å². The molecule has 1 saturated heterocycles. The van der Waals surface area contributed by atoms with Gasteiger partial charge >= 0.3 is 0 Å². The normalized spacial score (nSPS) is 18.6. The van der Waals surface area contributed by atoms with Crippen LogP contribution in [0.2, 0.25) is 0 Å². The van der Waals surface area contributed by atoms with Crippen LogP contribution in [0.25, 0.3) is 5.65 Å². The molecule has 1 fully saturated rings. The molecule has 7 nitrogen and oxygen atoms in total. The van der Waals surface area contributed by atoms with Gasteiger partial charge in [0.05, 0.1) is 12.5 Å². The molecule has 0 saturated carbocycles. The molecule has 0 aromatic carbocycles. The standard InChI is InChI=1S/C14H18N4O3/c1-8-11(5-14(21)17-4-3-10(19)7-17)9(2)18-12(15-8)6-13(20)16-18/h6,10,19H,3-5,7H2,1-2H3,(H,16,20)/t10-/m1/s1. The number of carbonyl (C=O) groups is 1. The van der Waals surface area contributed by atoms with E-state index in [9.17, 15) is 14.7 Å². The average Bonchev–Trinajstić information content (AvgIpc) is 3.00. The number of likely N-dealkylation sites (tertiary alicyclic amines) is 1. The molecule has 2 N–H and O–H groups in total. The molecule has 112 valence electrons. The largest absolute Gasteiger partial charge is 0.391 e. The van der Waals surface area contributed by atoms with Crippen molar-refractivity contribution < 1.29 is 9.90 Å². The van der Waals surface area contributed by atoms with Crippen molar-refractivity contribution in [1.29, 1.82) is 0 Å². The van der Waals surface area contributed by atoms with Crippen molar-refractivity contribution in [3.63, 3.8) is 0 Å². The van der Waals surface area contributed by atoms with Crippen molar-refractivity contribution in [3.8, 4) is 0 Å². The molecule has 0 unspecified atom stereocenters. The third kappa shape index (κ3) is 2.44. The topological polar surface area (TPSA) is 90.7 Å². The van der Waals surface area contributed by atoms with Crippen molar-refractivity contribution in [1.82, 2.24) is 19.5 Å². The van der Waals surface area contributed by atoms with Gasteiger partial charge in [-0.15, -0.1) is 0 Å². The van der Waals surface area contributed by atoms with E-state index < -0.39 is 6.10 Å². The number of aromatic nitrogens is 3. The average molecular weight is 290 g/mol. The molecular formula is C14H18N4O3. The van der Waals surface area contributed by atoms with Crippen LogP contribution in [0.15, 0.2) is 10.9 Å². The Morgan fingerprint density at radius 3 is 2.95 bits per heavy atom. The van der Waals surface area contributed by atoms with E-state index in [2.05, 4.69) is 10.1 Å². The van der Waals surface area contributed by atoms with E-state index in [1.807, 2.05) is 13.8 Å². The molecule has 1 atom stereocenters. The highest BCUT2D eigenvalue weighted by Gasteiger charge is 2.25. The predicted molar refractivity (Wildman–Crippen MR) is 76.2 cm³/mol. The van der Waals surface area contributed by atoms with E-state index in [4.69, 9.17) is 0 Å². The van der Waals surface area contributed by atoms with E-state index in [1.165, 1.54) is 6.07 Å². The van der Waals surface area contributed by atoms with Crippen molar-refractivity contribution in [2.45, 2.75) is 32.8 Å². The number of fused-ring (bicyclic) bond motifs is 1. The van der Waals surface area contributed by atoms with Crippen LogP contribution < -0.4 is 5.56 Å². The van der Waals surface area contributed by atoms with Crippen molar-refractivity contribution in [3.05, 3.63) is 33.4 Å². The van der Waals surface area contributed by atoms with Gasteiger partial charge in [0.15, 0.2) is 5.65 Å². The minimum atomic E-state index is -0.419. The molecule has 1 aliphatic rings. The Balaban J connectivity index is 1.93. The number of amides is 1.